The number of pyridine rings is 1. The third-order valence-corrected chi connectivity index (χ3v) is 4.87. The van der Waals surface area contributed by atoms with Gasteiger partial charge in [-0.1, -0.05) is 0 Å². The Balaban J connectivity index is 2.13. The summed E-state index contributed by atoms with van der Waals surface area (Å²) in [5.41, 5.74) is 0.0966. The van der Waals surface area contributed by atoms with Crippen LogP contribution in [0.5, 0.6) is 0 Å². The predicted molar refractivity (Wildman–Crippen MR) is 78.6 cm³/mol. The van der Waals surface area contributed by atoms with Crippen molar-refractivity contribution < 1.29 is 13.2 Å². The fraction of sp³-hybridized carbons (Fsp3) is 0.538. The van der Waals surface area contributed by atoms with Crippen molar-refractivity contribution in [2.45, 2.75) is 6.42 Å². The van der Waals surface area contributed by atoms with Crippen LogP contribution in [-0.2, 0) is 17.1 Å². The molecule has 8 heteroatoms. The molecular formula is C13H19N3O4S. The minimum atomic E-state index is -3.23. The van der Waals surface area contributed by atoms with E-state index in [1.165, 1.54) is 21.2 Å². The summed E-state index contributed by atoms with van der Waals surface area (Å²) in [4.78, 5) is 25.6. The molecule has 0 unspecified atom stereocenters. The van der Waals surface area contributed by atoms with Crippen molar-refractivity contribution in [2.24, 2.45) is 7.05 Å². The quantitative estimate of drug-likeness (QED) is 0.737. The van der Waals surface area contributed by atoms with Crippen LogP contribution in [-0.4, -0.2) is 60.5 Å². The van der Waals surface area contributed by atoms with E-state index in [1.807, 2.05) is 0 Å². The maximum absolute atomic E-state index is 12.4. The van der Waals surface area contributed by atoms with E-state index in [0.29, 0.717) is 31.6 Å². The van der Waals surface area contributed by atoms with Crippen LogP contribution in [0.2, 0.25) is 0 Å². The molecule has 1 fully saturated rings. The largest absolute Gasteiger partial charge is 0.337 e. The molecule has 1 aliphatic heterocycles. The van der Waals surface area contributed by atoms with Gasteiger partial charge in [-0.15, -0.1) is 0 Å². The molecule has 0 saturated carbocycles. The van der Waals surface area contributed by atoms with Crippen LogP contribution in [0.4, 0.5) is 0 Å². The number of aryl methyl sites for hydroxylation is 1. The fourth-order valence-electron chi connectivity index (χ4n) is 2.29. The van der Waals surface area contributed by atoms with Crippen molar-refractivity contribution in [1.82, 2.24) is 13.8 Å². The van der Waals surface area contributed by atoms with E-state index < -0.39 is 10.0 Å². The zero-order valence-electron chi connectivity index (χ0n) is 12.2. The van der Waals surface area contributed by atoms with Crippen molar-refractivity contribution >= 4 is 15.9 Å². The van der Waals surface area contributed by atoms with Crippen molar-refractivity contribution in [2.75, 3.05) is 32.4 Å². The topological polar surface area (TPSA) is 79.7 Å². The van der Waals surface area contributed by atoms with E-state index in [-0.39, 0.29) is 18.0 Å². The Morgan fingerprint density at radius 2 is 1.90 bits per heavy atom. The molecule has 7 nitrogen and oxygen atoms in total. The molecular weight excluding hydrogens is 294 g/mol. The SMILES string of the molecule is Cn1ccc(C(=O)N2CCCN(S(C)(=O)=O)CC2)cc1=O. The van der Waals surface area contributed by atoms with Crippen LogP contribution in [0.15, 0.2) is 23.1 Å². The summed E-state index contributed by atoms with van der Waals surface area (Å²) < 4.78 is 25.9. The first-order valence-corrected chi connectivity index (χ1v) is 8.55. The molecule has 0 aromatic carbocycles. The number of hydrogen-bond donors (Lipinski definition) is 0. The molecule has 1 amide bonds. The molecule has 21 heavy (non-hydrogen) atoms. The third kappa shape index (κ3) is 3.70. The lowest BCUT2D eigenvalue weighted by Gasteiger charge is -2.21. The lowest BCUT2D eigenvalue weighted by Crippen LogP contribution is -2.37. The number of sulfonamides is 1. The third-order valence-electron chi connectivity index (χ3n) is 3.56. The second-order valence-electron chi connectivity index (χ2n) is 5.17. The van der Waals surface area contributed by atoms with Gasteiger partial charge in [0.2, 0.25) is 10.0 Å². The zero-order valence-corrected chi connectivity index (χ0v) is 13.0. The molecule has 116 valence electrons. The molecule has 1 saturated heterocycles. The summed E-state index contributed by atoms with van der Waals surface area (Å²) in [6.45, 7) is 1.52. The Labute approximate surface area is 123 Å². The summed E-state index contributed by atoms with van der Waals surface area (Å²) in [5, 5.41) is 0. The van der Waals surface area contributed by atoms with Gasteiger partial charge < -0.3 is 9.47 Å². The van der Waals surface area contributed by atoms with Crippen LogP contribution >= 0.6 is 0 Å². The average Bonchev–Trinajstić information content (AvgIpc) is 2.66. The molecule has 1 aliphatic rings. The Kier molecular flexibility index (Phi) is 4.48. The standard InChI is InChI=1S/C13H19N3O4S/c1-14-7-4-11(10-12(14)17)13(18)15-5-3-6-16(9-8-15)21(2,19)20/h4,7,10H,3,5-6,8-9H2,1-2H3. The molecule has 2 heterocycles. The summed E-state index contributed by atoms with van der Waals surface area (Å²) in [6, 6.07) is 2.91. The molecule has 0 spiro atoms. The van der Waals surface area contributed by atoms with Crippen LogP contribution in [0.25, 0.3) is 0 Å². The molecule has 0 radical (unpaired) electrons. The highest BCUT2D eigenvalue weighted by molar-refractivity contribution is 7.88. The minimum absolute atomic E-state index is 0.233. The molecule has 2 rings (SSSR count). The van der Waals surface area contributed by atoms with E-state index in [1.54, 1.807) is 24.2 Å². The molecule has 1 aromatic rings. The Bertz CT molecular complexity index is 696. The lowest BCUT2D eigenvalue weighted by atomic mass is 10.2. The van der Waals surface area contributed by atoms with Gasteiger partial charge in [0, 0.05) is 51.1 Å². The first-order chi connectivity index (χ1) is 9.79. The van der Waals surface area contributed by atoms with Crippen LogP contribution < -0.4 is 5.56 Å². The van der Waals surface area contributed by atoms with Crippen LogP contribution in [0.1, 0.15) is 16.8 Å². The number of carbonyl (C=O) groups excluding carboxylic acids is 1. The monoisotopic (exact) mass is 313 g/mol. The Morgan fingerprint density at radius 1 is 1.19 bits per heavy atom. The lowest BCUT2D eigenvalue weighted by molar-refractivity contribution is 0.0764. The van der Waals surface area contributed by atoms with Gasteiger partial charge in [0.15, 0.2) is 0 Å². The maximum atomic E-state index is 12.4. The van der Waals surface area contributed by atoms with Crippen LogP contribution in [0, 0.1) is 0 Å². The van der Waals surface area contributed by atoms with E-state index in [2.05, 4.69) is 0 Å². The smallest absolute Gasteiger partial charge is 0.254 e. The van der Waals surface area contributed by atoms with Gasteiger partial charge in [0.1, 0.15) is 0 Å². The maximum Gasteiger partial charge on any atom is 0.254 e. The highest BCUT2D eigenvalue weighted by atomic mass is 32.2. The zero-order chi connectivity index (χ0) is 15.6. The summed E-state index contributed by atoms with van der Waals surface area (Å²) in [7, 11) is -1.62. The van der Waals surface area contributed by atoms with Crippen molar-refractivity contribution in [3.05, 3.63) is 34.2 Å². The highest BCUT2D eigenvalue weighted by Gasteiger charge is 2.24. The minimum Gasteiger partial charge on any atom is -0.337 e. The molecule has 1 aromatic heterocycles. The molecule has 0 bridgehead atoms. The Hall–Kier alpha value is -1.67. The number of nitrogens with zero attached hydrogens (tertiary/aromatic N) is 3. The summed E-state index contributed by atoms with van der Waals surface area (Å²) in [5.74, 6) is -0.233. The van der Waals surface area contributed by atoms with Crippen LogP contribution in [0.3, 0.4) is 0 Å². The van der Waals surface area contributed by atoms with Gasteiger partial charge in [0.05, 0.1) is 6.26 Å². The first-order valence-electron chi connectivity index (χ1n) is 6.70. The molecule has 0 aliphatic carbocycles. The van der Waals surface area contributed by atoms with E-state index in [9.17, 15) is 18.0 Å². The number of aromatic nitrogens is 1. The van der Waals surface area contributed by atoms with Crippen molar-refractivity contribution in [3.8, 4) is 0 Å². The number of rotatable bonds is 2. The van der Waals surface area contributed by atoms with E-state index >= 15 is 0 Å². The predicted octanol–water partition coefficient (Wildman–Crippen LogP) is -0.507. The van der Waals surface area contributed by atoms with Gasteiger partial charge in [-0.2, -0.15) is 0 Å². The van der Waals surface area contributed by atoms with Gasteiger partial charge >= 0.3 is 0 Å². The van der Waals surface area contributed by atoms with E-state index in [4.69, 9.17) is 0 Å². The van der Waals surface area contributed by atoms with Crippen molar-refractivity contribution in [3.63, 3.8) is 0 Å². The number of amides is 1. The van der Waals surface area contributed by atoms with Gasteiger partial charge in [-0.05, 0) is 12.5 Å². The van der Waals surface area contributed by atoms with Gasteiger partial charge in [-0.3, -0.25) is 9.59 Å². The van der Waals surface area contributed by atoms with Gasteiger partial charge in [-0.25, -0.2) is 12.7 Å². The highest BCUT2D eigenvalue weighted by Crippen LogP contribution is 2.10. The summed E-state index contributed by atoms with van der Waals surface area (Å²) >= 11 is 0. The fourth-order valence-corrected chi connectivity index (χ4v) is 3.17. The second-order valence-corrected chi connectivity index (χ2v) is 7.15. The first kappa shape index (κ1) is 15.7. The number of hydrogen-bond acceptors (Lipinski definition) is 4. The Morgan fingerprint density at radius 3 is 2.52 bits per heavy atom. The van der Waals surface area contributed by atoms with E-state index in [0.717, 1.165) is 0 Å². The summed E-state index contributed by atoms with van der Waals surface area (Å²) in [6.07, 6.45) is 3.31. The second kappa shape index (κ2) is 5.98. The molecule has 0 N–H and O–H groups in total. The molecule has 0 atom stereocenters. The number of carbonyl (C=O) groups is 1. The normalized spacial score (nSPS) is 17.5. The van der Waals surface area contributed by atoms with Crippen molar-refractivity contribution in [1.29, 1.82) is 0 Å². The van der Waals surface area contributed by atoms with Gasteiger partial charge in [0.25, 0.3) is 11.5 Å². The average molecular weight is 313 g/mol.